The first-order chi connectivity index (χ1) is 9.30. The lowest BCUT2D eigenvalue weighted by Gasteiger charge is -2.16. The zero-order valence-corrected chi connectivity index (χ0v) is 13.7. The van der Waals surface area contributed by atoms with E-state index in [1.54, 1.807) is 13.0 Å². The molecule has 20 heavy (non-hydrogen) atoms. The van der Waals surface area contributed by atoms with Crippen LogP contribution in [0, 0.1) is 12.3 Å². The molecule has 1 saturated carbocycles. The highest BCUT2D eigenvalue weighted by atomic mass is 79.9. The summed E-state index contributed by atoms with van der Waals surface area (Å²) in [6.45, 7) is 2.19. The summed E-state index contributed by atoms with van der Waals surface area (Å²) in [7, 11) is -3.57. The van der Waals surface area contributed by atoms with Gasteiger partial charge in [-0.25, -0.2) is 13.1 Å². The molecule has 1 fully saturated rings. The number of nitrogens with one attached hydrogen (secondary N) is 1. The van der Waals surface area contributed by atoms with E-state index in [0.717, 1.165) is 12.8 Å². The summed E-state index contributed by atoms with van der Waals surface area (Å²) < 4.78 is 28.0. The Morgan fingerprint density at radius 3 is 2.65 bits per heavy atom. The summed E-state index contributed by atoms with van der Waals surface area (Å²) in [5, 5.41) is 9.00. The molecule has 0 unspecified atom stereocenters. The van der Waals surface area contributed by atoms with Crippen LogP contribution in [0.25, 0.3) is 0 Å². The number of sulfonamides is 1. The molecule has 2 rings (SSSR count). The number of nitrogen functional groups attached to an aromatic ring is 1. The van der Waals surface area contributed by atoms with Crippen molar-refractivity contribution in [1.82, 2.24) is 4.72 Å². The van der Waals surface area contributed by atoms with Crippen LogP contribution in [0.2, 0.25) is 0 Å². The van der Waals surface area contributed by atoms with Gasteiger partial charge in [-0.05, 0) is 65.2 Å². The fraction of sp³-hybridized carbons (Fsp3) is 0.538. The van der Waals surface area contributed by atoms with E-state index in [2.05, 4.69) is 20.7 Å². The van der Waals surface area contributed by atoms with E-state index in [4.69, 9.17) is 10.8 Å². The molecule has 0 aliphatic heterocycles. The maximum atomic E-state index is 12.4. The van der Waals surface area contributed by atoms with Crippen molar-refractivity contribution < 1.29 is 13.5 Å². The number of hydrogen-bond acceptors (Lipinski definition) is 4. The van der Waals surface area contributed by atoms with Crippen LogP contribution in [0.1, 0.15) is 24.8 Å². The van der Waals surface area contributed by atoms with Crippen LogP contribution < -0.4 is 10.5 Å². The molecule has 112 valence electrons. The molecular weight excluding hydrogens is 344 g/mol. The molecule has 0 bridgehead atoms. The summed E-state index contributed by atoms with van der Waals surface area (Å²) in [6.07, 6.45) is 2.55. The van der Waals surface area contributed by atoms with Crippen molar-refractivity contribution in [2.75, 3.05) is 18.9 Å². The predicted octanol–water partition coefficient (Wildman–Crippen LogP) is 1.78. The third-order valence-corrected chi connectivity index (χ3v) is 6.05. The van der Waals surface area contributed by atoms with Crippen LogP contribution in [0.15, 0.2) is 21.5 Å². The summed E-state index contributed by atoms with van der Waals surface area (Å²) in [5.74, 6) is 0. The first-order valence-electron chi connectivity index (χ1n) is 6.46. The van der Waals surface area contributed by atoms with Gasteiger partial charge in [0.15, 0.2) is 0 Å². The minimum Gasteiger partial charge on any atom is -0.398 e. The molecule has 0 heterocycles. The van der Waals surface area contributed by atoms with Crippen molar-refractivity contribution in [2.24, 2.45) is 5.41 Å². The number of aliphatic hydroxyl groups excluding tert-OH is 1. The Kier molecular flexibility index (Phi) is 4.44. The first-order valence-corrected chi connectivity index (χ1v) is 8.73. The summed E-state index contributed by atoms with van der Waals surface area (Å²) >= 11 is 3.28. The van der Waals surface area contributed by atoms with Crippen molar-refractivity contribution in [1.29, 1.82) is 0 Å². The third-order valence-electron chi connectivity index (χ3n) is 3.82. The second-order valence-corrected chi connectivity index (χ2v) is 8.03. The minimum absolute atomic E-state index is 0.0589. The van der Waals surface area contributed by atoms with Gasteiger partial charge in [0.2, 0.25) is 10.0 Å². The van der Waals surface area contributed by atoms with E-state index in [9.17, 15) is 8.42 Å². The molecule has 0 amide bonds. The number of benzene rings is 1. The average Bonchev–Trinajstić information content (AvgIpc) is 3.12. The number of hydrogen-bond donors (Lipinski definition) is 3. The van der Waals surface area contributed by atoms with E-state index in [1.165, 1.54) is 6.07 Å². The molecular formula is C13H19BrN2O3S. The normalized spacial score (nSPS) is 17.1. The molecule has 0 spiro atoms. The molecule has 0 saturated heterocycles. The third kappa shape index (κ3) is 3.33. The maximum Gasteiger partial charge on any atom is 0.240 e. The van der Waals surface area contributed by atoms with Gasteiger partial charge in [-0.2, -0.15) is 0 Å². The zero-order chi connectivity index (χ0) is 15.0. The summed E-state index contributed by atoms with van der Waals surface area (Å²) in [4.78, 5) is 0.206. The average molecular weight is 363 g/mol. The van der Waals surface area contributed by atoms with Gasteiger partial charge in [0.25, 0.3) is 0 Å². The molecule has 1 aliphatic rings. The van der Waals surface area contributed by atoms with Crippen molar-refractivity contribution >= 4 is 31.6 Å². The van der Waals surface area contributed by atoms with E-state index in [1.807, 2.05) is 0 Å². The van der Waals surface area contributed by atoms with E-state index < -0.39 is 10.0 Å². The topological polar surface area (TPSA) is 92.4 Å². The second-order valence-electron chi connectivity index (χ2n) is 5.44. The van der Waals surface area contributed by atoms with E-state index >= 15 is 0 Å². The molecule has 0 aromatic heterocycles. The largest absolute Gasteiger partial charge is 0.398 e. The van der Waals surface area contributed by atoms with Crippen LogP contribution >= 0.6 is 15.9 Å². The summed E-state index contributed by atoms with van der Waals surface area (Å²) in [6, 6.07) is 3.16. The highest BCUT2D eigenvalue weighted by Gasteiger charge is 2.42. The van der Waals surface area contributed by atoms with E-state index in [0.29, 0.717) is 28.7 Å². The number of anilines is 1. The number of aliphatic hydroxyl groups is 1. The molecule has 1 aromatic carbocycles. The molecule has 0 atom stereocenters. The van der Waals surface area contributed by atoms with Crippen molar-refractivity contribution in [3.8, 4) is 0 Å². The fourth-order valence-corrected chi connectivity index (χ4v) is 4.09. The molecule has 0 radical (unpaired) electrons. The van der Waals surface area contributed by atoms with Crippen LogP contribution in [0.3, 0.4) is 0 Å². The van der Waals surface area contributed by atoms with Gasteiger partial charge in [-0.15, -0.1) is 0 Å². The lowest BCUT2D eigenvalue weighted by Crippen LogP contribution is -2.31. The highest BCUT2D eigenvalue weighted by molar-refractivity contribution is 9.10. The fourth-order valence-electron chi connectivity index (χ4n) is 2.21. The van der Waals surface area contributed by atoms with Crippen LogP contribution in [-0.2, 0) is 10.0 Å². The molecule has 4 N–H and O–H groups in total. The minimum atomic E-state index is -3.57. The number of rotatable bonds is 6. The van der Waals surface area contributed by atoms with Gasteiger partial charge < -0.3 is 10.8 Å². The van der Waals surface area contributed by atoms with Crippen LogP contribution in [0.4, 0.5) is 5.69 Å². The van der Waals surface area contributed by atoms with E-state index in [-0.39, 0.29) is 16.9 Å². The Morgan fingerprint density at radius 2 is 2.10 bits per heavy atom. The predicted molar refractivity (Wildman–Crippen MR) is 81.8 cm³/mol. The molecule has 1 aliphatic carbocycles. The Bertz CT molecular complexity index is 612. The van der Waals surface area contributed by atoms with Gasteiger partial charge in [0.05, 0.1) is 4.90 Å². The molecule has 5 nitrogen and oxygen atoms in total. The van der Waals surface area contributed by atoms with Crippen molar-refractivity contribution in [3.05, 3.63) is 22.2 Å². The van der Waals surface area contributed by atoms with Crippen molar-refractivity contribution in [3.63, 3.8) is 0 Å². The molecule has 7 heteroatoms. The molecule has 1 aromatic rings. The smallest absolute Gasteiger partial charge is 0.240 e. The lowest BCUT2D eigenvalue weighted by atomic mass is 10.0. The number of nitrogens with two attached hydrogens (primary N) is 1. The highest BCUT2D eigenvalue weighted by Crippen LogP contribution is 2.48. The SMILES string of the molecule is Cc1cc(Br)c(N)cc1S(=O)(=O)NCC1(CCO)CC1. The standard InChI is InChI=1S/C13H19BrN2O3S/c1-9-6-10(14)11(15)7-12(9)20(18,19)16-8-13(2-3-13)4-5-17/h6-7,16-17H,2-5,8,15H2,1H3. The zero-order valence-electron chi connectivity index (χ0n) is 11.3. The van der Waals surface area contributed by atoms with Crippen LogP contribution in [-0.4, -0.2) is 26.7 Å². The number of halogens is 1. The van der Waals surface area contributed by atoms with Gasteiger partial charge in [-0.3, -0.25) is 0 Å². The monoisotopic (exact) mass is 362 g/mol. The first kappa shape index (κ1) is 15.8. The Labute approximate surface area is 127 Å². The number of aryl methyl sites for hydroxylation is 1. The van der Waals surface area contributed by atoms with Gasteiger partial charge in [0, 0.05) is 23.3 Å². The van der Waals surface area contributed by atoms with Gasteiger partial charge in [0.1, 0.15) is 0 Å². The Morgan fingerprint density at radius 1 is 1.45 bits per heavy atom. The Hall–Kier alpha value is -0.630. The lowest BCUT2D eigenvalue weighted by molar-refractivity contribution is 0.249. The maximum absolute atomic E-state index is 12.4. The van der Waals surface area contributed by atoms with Crippen molar-refractivity contribution in [2.45, 2.75) is 31.1 Å². The quantitative estimate of drug-likeness (QED) is 0.672. The second kappa shape index (κ2) is 5.63. The van der Waals surface area contributed by atoms with Gasteiger partial charge >= 0.3 is 0 Å². The summed E-state index contributed by atoms with van der Waals surface area (Å²) in [5.41, 5.74) is 6.74. The van der Waals surface area contributed by atoms with Crippen LogP contribution in [0.5, 0.6) is 0 Å². The van der Waals surface area contributed by atoms with Gasteiger partial charge in [-0.1, -0.05) is 0 Å². The Balaban J connectivity index is 2.17.